The third-order valence-corrected chi connectivity index (χ3v) is 6.29. The molecule has 0 aliphatic carbocycles. The Morgan fingerprint density at radius 1 is 1.25 bits per heavy atom. The number of likely N-dealkylation sites (tertiary alicyclic amines) is 1. The Bertz CT molecular complexity index is 963. The van der Waals surface area contributed by atoms with Crippen LogP contribution in [0.15, 0.2) is 41.4 Å². The number of rotatable bonds is 7. The van der Waals surface area contributed by atoms with E-state index in [1.807, 2.05) is 0 Å². The van der Waals surface area contributed by atoms with Crippen LogP contribution in [0.4, 0.5) is 4.39 Å². The van der Waals surface area contributed by atoms with E-state index in [-0.39, 0.29) is 42.3 Å². The lowest BCUT2D eigenvalue weighted by atomic mass is 10.2. The molecule has 2 unspecified atom stereocenters. The molecule has 9 nitrogen and oxygen atoms in total. The van der Waals surface area contributed by atoms with Crippen molar-refractivity contribution >= 4 is 21.7 Å². The minimum Gasteiger partial charge on any atom is -0.364 e. The number of halogens is 1. The average molecular weight is 409 g/mol. The van der Waals surface area contributed by atoms with Crippen LogP contribution in [-0.4, -0.2) is 64.6 Å². The van der Waals surface area contributed by atoms with Crippen molar-refractivity contribution in [2.24, 2.45) is 5.73 Å². The first-order valence-corrected chi connectivity index (χ1v) is 10.3. The van der Waals surface area contributed by atoms with Crippen LogP contribution in [0.1, 0.15) is 23.3 Å². The zero-order chi connectivity index (χ0) is 20.3. The van der Waals surface area contributed by atoms with E-state index in [0.29, 0.717) is 0 Å². The van der Waals surface area contributed by atoms with E-state index >= 15 is 0 Å². The summed E-state index contributed by atoms with van der Waals surface area (Å²) in [5, 5.41) is 7.36. The number of nitrogens with zero attached hydrogens (tertiary/aromatic N) is 4. The highest BCUT2D eigenvalue weighted by Gasteiger charge is 2.36. The normalized spacial score (nSPS) is 19.7. The summed E-state index contributed by atoms with van der Waals surface area (Å²) in [5.74, 6) is -1.54. The number of carbonyl (C=O) groups excluding carboxylic acids is 2. The van der Waals surface area contributed by atoms with Gasteiger partial charge in [-0.05, 0) is 12.1 Å². The summed E-state index contributed by atoms with van der Waals surface area (Å²) < 4.78 is 39.9. The fourth-order valence-electron chi connectivity index (χ4n) is 3.17. The van der Waals surface area contributed by atoms with Crippen LogP contribution in [0.2, 0.25) is 0 Å². The standard InChI is InChI=1S/C17H20FN5O4S/c18-12-8-13(10-22-11-15(17(19)25)20-21-22)23(9-12)16(24)6-7-28(26,27)14-4-2-1-3-5-14/h1-5,11-13H,6-10H2,(H2,19,25). The van der Waals surface area contributed by atoms with Crippen molar-refractivity contribution in [1.82, 2.24) is 19.9 Å². The Morgan fingerprint density at radius 3 is 2.61 bits per heavy atom. The second-order valence-corrected chi connectivity index (χ2v) is 8.71. The number of amides is 2. The number of alkyl halides is 1. The molecule has 2 amide bonds. The van der Waals surface area contributed by atoms with Crippen molar-refractivity contribution in [3.63, 3.8) is 0 Å². The Morgan fingerprint density at radius 2 is 1.96 bits per heavy atom. The summed E-state index contributed by atoms with van der Waals surface area (Å²) in [7, 11) is -3.60. The molecule has 150 valence electrons. The van der Waals surface area contributed by atoms with Gasteiger partial charge < -0.3 is 10.6 Å². The topological polar surface area (TPSA) is 128 Å². The number of benzene rings is 1. The quantitative estimate of drug-likeness (QED) is 0.695. The van der Waals surface area contributed by atoms with E-state index in [1.165, 1.54) is 27.9 Å². The highest BCUT2D eigenvalue weighted by molar-refractivity contribution is 7.91. The number of hydrogen-bond donors (Lipinski definition) is 1. The van der Waals surface area contributed by atoms with E-state index in [4.69, 9.17) is 5.73 Å². The maximum Gasteiger partial charge on any atom is 0.270 e. The van der Waals surface area contributed by atoms with Crippen LogP contribution in [-0.2, 0) is 21.2 Å². The van der Waals surface area contributed by atoms with Gasteiger partial charge in [0.25, 0.3) is 5.91 Å². The predicted octanol–water partition coefficient (Wildman–Crippen LogP) is 0.180. The molecular formula is C17H20FN5O4S. The molecule has 2 atom stereocenters. The first-order chi connectivity index (χ1) is 13.3. The van der Waals surface area contributed by atoms with Crippen molar-refractivity contribution in [2.45, 2.75) is 36.5 Å². The molecule has 1 saturated heterocycles. The molecule has 0 saturated carbocycles. The molecule has 1 aromatic heterocycles. The zero-order valence-corrected chi connectivity index (χ0v) is 15.8. The van der Waals surface area contributed by atoms with Crippen molar-refractivity contribution in [2.75, 3.05) is 12.3 Å². The minimum absolute atomic E-state index is 0.0263. The van der Waals surface area contributed by atoms with Crippen LogP contribution in [0.5, 0.6) is 0 Å². The van der Waals surface area contributed by atoms with Crippen LogP contribution in [0.25, 0.3) is 0 Å². The predicted molar refractivity (Wildman–Crippen MR) is 96.7 cm³/mol. The number of sulfone groups is 1. The lowest BCUT2D eigenvalue weighted by molar-refractivity contribution is -0.132. The number of nitrogens with two attached hydrogens (primary N) is 1. The van der Waals surface area contributed by atoms with Crippen molar-refractivity contribution in [3.8, 4) is 0 Å². The van der Waals surface area contributed by atoms with Crippen molar-refractivity contribution in [3.05, 3.63) is 42.2 Å². The highest BCUT2D eigenvalue weighted by Crippen LogP contribution is 2.23. The molecule has 0 spiro atoms. The molecule has 2 N–H and O–H groups in total. The third-order valence-electron chi connectivity index (χ3n) is 4.56. The van der Waals surface area contributed by atoms with Crippen LogP contribution in [0.3, 0.4) is 0 Å². The number of carbonyl (C=O) groups is 2. The van der Waals surface area contributed by atoms with Gasteiger partial charge in [0.05, 0.1) is 36.0 Å². The van der Waals surface area contributed by atoms with Gasteiger partial charge in [-0.2, -0.15) is 0 Å². The second kappa shape index (κ2) is 8.05. The lowest BCUT2D eigenvalue weighted by Gasteiger charge is -2.24. The second-order valence-electron chi connectivity index (χ2n) is 6.60. The Labute approximate surface area is 161 Å². The van der Waals surface area contributed by atoms with Crippen LogP contribution in [0, 0.1) is 0 Å². The smallest absolute Gasteiger partial charge is 0.270 e. The maximum atomic E-state index is 13.9. The monoisotopic (exact) mass is 409 g/mol. The number of aromatic nitrogens is 3. The summed E-state index contributed by atoms with van der Waals surface area (Å²) in [4.78, 5) is 25.1. The molecule has 1 aromatic carbocycles. The Hall–Kier alpha value is -2.82. The number of primary amides is 1. The molecule has 1 aliphatic rings. The largest absolute Gasteiger partial charge is 0.364 e. The van der Waals surface area contributed by atoms with Crippen LogP contribution < -0.4 is 5.73 Å². The molecule has 11 heteroatoms. The van der Waals surface area contributed by atoms with Crippen molar-refractivity contribution in [1.29, 1.82) is 0 Å². The molecule has 3 rings (SSSR count). The summed E-state index contributed by atoms with van der Waals surface area (Å²) in [5.41, 5.74) is 5.10. The first kappa shape index (κ1) is 19.9. The lowest BCUT2D eigenvalue weighted by Crippen LogP contribution is -2.39. The molecule has 28 heavy (non-hydrogen) atoms. The maximum absolute atomic E-state index is 13.9. The molecule has 2 aromatic rings. The minimum atomic E-state index is -3.60. The fourth-order valence-corrected chi connectivity index (χ4v) is 4.42. The molecule has 0 radical (unpaired) electrons. The third kappa shape index (κ3) is 4.53. The summed E-state index contributed by atoms with van der Waals surface area (Å²) in [6.45, 7) is 0.0319. The highest BCUT2D eigenvalue weighted by atomic mass is 32.2. The van der Waals surface area contributed by atoms with Gasteiger partial charge in [-0.1, -0.05) is 23.4 Å². The molecule has 1 fully saturated rings. The van der Waals surface area contributed by atoms with Gasteiger partial charge >= 0.3 is 0 Å². The van der Waals surface area contributed by atoms with Crippen LogP contribution >= 0.6 is 0 Å². The van der Waals surface area contributed by atoms with Crippen molar-refractivity contribution < 1.29 is 22.4 Å². The molecule has 1 aliphatic heterocycles. The number of hydrogen-bond acceptors (Lipinski definition) is 6. The average Bonchev–Trinajstić information content (AvgIpc) is 3.27. The van der Waals surface area contributed by atoms with Gasteiger partial charge in [0.15, 0.2) is 15.5 Å². The van der Waals surface area contributed by atoms with Gasteiger partial charge in [0.2, 0.25) is 5.91 Å². The van der Waals surface area contributed by atoms with E-state index in [0.717, 1.165) is 0 Å². The van der Waals surface area contributed by atoms with Gasteiger partial charge in [0, 0.05) is 12.8 Å². The summed E-state index contributed by atoms with van der Waals surface area (Å²) in [6.07, 6.45) is -0.0252. The SMILES string of the molecule is NC(=O)c1cn(CC2CC(F)CN2C(=O)CCS(=O)(=O)c2ccccc2)nn1. The summed E-state index contributed by atoms with van der Waals surface area (Å²) in [6, 6.07) is 7.35. The van der Waals surface area contributed by atoms with E-state index < -0.39 is 33.9 Å². The Kier molecular flexibility index (Phi) is 5.73. The molecular weight excluding hydrogens is 389 g/mol. The molecule has 2 heterocycles. The summed E-state index contributed by atoms with van der Waals surface area (Å²) >= 11 is 0. The van der Waals surface area contributed by atoms with Gasteiger partial charge in [-0.3, -0.25) is 9.59 Å². The van der Waals surface area contributed by atoms with E-state index in [2.05, 4.69) is 10.3 Å². The van der Waals surface area contributed by atoms with Gasteiger partial charge in [-0.15, -0.1) is 5.10 Å². The van der Waals surface area contributed by atoms with E-state index in [9.17, 15) is 22.4 Å². The van der Waals surface area contributed by atoms with E-state index in [1.54, 1.807) is 18.2 Å². The van der Waals surface area contributed by atoms with Gasteiger partial charge in [-0.25, -0.2) is 17.5 Å². The molecule has 0 bridgehead atoms. The fraction of sp³-hybridized carbons (Fsp3) is 0.412. The zero-order valence-electron chi connectivity index (χ0n) is 14.9. The van der Waals surface area contributed by atoms with Gasteiger partial charge in [0.1, 0.15) is 6.17 Å². The first-order valence-electron chi connectivity index (χ1n) is 8.67. The Balaban J connectivity index is 1.64.